The van der Waals surface area contributed by atoms with Crippen LogP contribution in [0.3, 0.4) is 0 Å². The molecule has 4 aromatic carbocycles. The first kappa shape index (κ1) is 17.3. The van der Waals surface area contributed by atoms with Crippen molar-refractivity contribution in [3.05, 3.63) is 96.1 Å². The SMILES string of the molecule is O=C(N[C@H](CO)Cc1ccccc1)c1ccc2cc3ccccc3cc2c1. The lowest BCUT2D eigenvalue weighted by Crippen LogP contribution is -2.39. The zero-order valence-electron chi connectivity index (χ0n) is 14.9. The second-order valence-electron chi connectivity index (χ2n) is 6.80. The number of carbonyl (C=O) groups is 1. The van der Waals surface area contributed by atoms with Crippen LogP contribution in [-0.4, -0.2) is 23.7 Å². The molecule has 0 saturated carbocycles. The molecule has 0 unspecified atom stereocenters. The van der Waals surface area contributed by atoms with Gasteiger partial charge >= 0.3 is 0 Å². The fraction of sp³-hybridized carbons (Fsp3) is 0.125. The molecule has 0 radical (unpaired) electrons. The molecule has 3 nitrogen and oxygen atoms in total. The van der Waals surface area contributed by atoms with Gasteiger partial charge < -0.3 is 10.4 Å². The Morgan fingerprint density at radius 3 is 2.11 bits per heavy atom. The monoisotopic (exact) mass is 355 g/mol. The van der Waals surface area contributed by atoms with Crippen molar-refractivity contribution in [3.8, 4) is 0 Å². The van der Waals surface area contributed by atoms with Crippen LogP contribution in [0.5, 0.6) is 0 Å². The van der Waals surface area contributed by atoms with Crippen LogP contribution in [0.2, 0.25) is 0 Å². The summed E-state index contributed by atoms with van der Waals surface area (Å²) >= 11 is 0. The highest BCUT2D eigenvalue weighted by Crippen LogP contribution is 2.23. The highest BCUT2D eigenvalue weighted by atomic mass is 16.3. The van der Waals surface area contributed by atoms with E-state index in [9.17, 15) is 9.90 Å². The Labute approximate surface area is 158 Å². The summed E-state index contributed by atoms with van der Waals surface area (Å²) < 4.78 is 0. The number of aliphatic hydroxyl groups is 1. The van der Waals surface area contributed by atoms with Crippen molar-refractivity contribution in [2.45, 2.75) is 12.5 Å². The number of amides is 1. The highest BCUT2D eigenvalue weighted by molar-refractivity contribution is 6.03. The smallest absolute Gasteiger partial charge is 0.251 e. The first-order chi connectivity index (χ1) is 13.2. The van der Waals surface area contributed by atoms with E-state index in [1.54, 1.807) is 0 Å². The molecule has 4 aromatic rings. The Kier molecular flexibility index (Phi) is 4.86. The number of rotatable bonds is 5. The molecule has 0 fully saturated rings. The van der Waals surface area contributed by atoms with Crippen LogP contribution < -0.4 is 5.32 Å². The minimum Gasteiger partial charge on any atom is -0.394 e. The molecule has 134 valence electrons. The highest BCUT2D eigenvalue weighted by Gasteiger charge is 2.14. The summed E-state index contributed by atoms with van der Waals surface area (Å²) in [6.45, 7) is -0.0984. The lowest BCUT2D eigenvalue weighted by atomic mass is 10.0. The molecular formula is C24H21NO2. The van der Waals surface area contributed by atoms with Gasteiger partial charge in [0.15, 0.2) is 0 Å². The van der Waals surface area contributed by atoms with Gasteiger partial charge in [0.1, 0.15) is 0 Å². The summed E-state index contributed by atoms with van der Waals surface area (Å²) in [4.78, 5) is 12.7. The summed E-state index contributed by atoms with van der Waals surface area (Å²) in [5.74, 6) is -0.167. The van der Waals surface area contributed by atoms with E-state index in [1.807, 2.05) is 60.7 Å². The van der Waals surface area contributed by atoms with Gasteiger partial charge in [-0.15, -0.1) is 0 Å². The van der Waals surface area contributed by atoms with Crippen LogP contribution in [-0.2, 0) is 6.42 Å². The van der Waals surface area contributed by atoms with Crippen LogP contribution in [0.25, 0.3) is 21.5 Å². The van der Waals surface area contributed by atoms with E-state index < -0.39 is 0 Å². The van der Waals surface area contributed by atoms with Crippen LogP contribution in [0.4, 0.5) is 0 Å². The second kappa shape index (κ2) is 7.60. The normalized spacial score (nSPS) is 12.2. The summed E-state index contributed by atoms with van der Waals surface area (Å²) in [5, 5.41) is 17.1. The van der Waals surface area contributed by atoms with Crippen LogP contribution in [0.1, 0.15) is 15.9 Å². The number of hydrogen-bond donors (Lipinski definition) is 2. The van der Waals surface area contributed by atoms with Crippen LogP contribution >= 0.6 is 0 Å². The summed E-state index contributed by atoms with van der Waals surface area (Å²) in [6, 6.07) is 27.7. The topological polar surface area (TPSA) is 49.3 Å². The molecule has 0 spiro atoms. The molecule has 2 N–H and O–H groups in total. The van der Waals surface area contributed by atoms with Gasteiger partial charge in [0.2, 0.25) is 0 Å². The lowest BCUT2D eigenvalue weighted by Gasteiger charge is -2.16. The van der Waals surface area contributed by atoms with Crippen molar-refractivity contribution < 1.29 is 9.90 Å². The fourth-order valence-corrected chi connectivity index (χ4v) is 3.41. The van der Waals surface area contributed by atoms with E-state index in [0.717, 1.165) is 21.7 Å². The lowest BCUT2D eigenvalue weighted by molar-refractivity contribution is 0.0916. The van der Waals surface area contributed by atoms with E-state index in [-0.39, 0.29) is 18.6 Å². The van der Waals surface area contributed by atoms with Gasteiger partial charge in [-0.3, -0.25) is 4.79 Å². The molecule has 0 aliphatic rings. The van der Waals surface area contributed by atoms with Gasteiger partial charge in [0.05, 0.1) is 12.6 Å². The molecule has 0 bridgehead atoms. The summed E-state index contributed by atoms with van der Waals surface area (Å²) in [5.41, 5.74) is 1.69. The Morgan fingerprint density at radius 2 is 1.41 bits per heavy atom. The minimum atomic E-state index is -0.313. The maximum Gasteiger partial charge on any atom is 0.251 e. The Morgan fingerprint density at radius 1 is 0.778 bits per heavy atom. The maximum absolute atomic E-state index is 12.7. The molecule has 0 aromatic heterocycles. The molecular weight excluding hydrogens is 334 g/mol. The fourth-order valence-electron chi connectivity index (χ4n) is 3.41. The summed E-state index contributed by atoms with van der Waals surface area (Å²) in [7, 11) is 0. The van der Waals surface area contributed by atoms with Gasteiger partial charge in [-0.1, -0.05) is 60.7 Å². The molecule has 27 heavy (non-hydrogen) atoms. The third-order valence-corrected chi connectivity index (χ3v) is 4.85. The van der Waals surface area contributed by atoms with Gasteiger partial charge in [0, 0.05) is 5.56 Å². The Hall–Kier alpha value is -3.17. The third-order valence-electron chi connectivity index (χ3n) is 4.85. The molecule has 0 saturated heterocycles. The average Bonchev–Trinajstić information content (AvgIpc) is 2.72. The first-order valence-electron chi connectivity index (χ1n) is 9.11. The number of aliphatic hydroxyl groups excluding tert-OH is 1. The first-order valence-corrected chi connectivity index (χ1v) is 9.11. The maximum atomic E-state index is 12.7. The van der Waals surface area contributed by atoms with Gasteiger partial charge in [-0.05, 0) is 57.8 Å². The van der Waals surface area contributed by atoms with Gasteiger partial charge in [-0.2, -0.15) is 0 Å². The number of nitrogens with one attached hydrogen (secondary N) is 1. The van der Waals surface area contributed by atoms with Crippen molar-refractivity contribution in [3.63, 3.8) is 0 Å². The Bertz CT molecular complexity index is 1090. The molecule has 0 aliphatic carbocycles. The predicted octanol–water partition coefficient (Wildman–Crippen LogP) is 4.33. The van der Waals surface area contributed by atoms with E-state index in [0.29, 0.717) is 12.0 Å². The molecule has 3 heteroatoms. The van der Waals surface area contributed by atoms with Gasteiger partial charge in [-0.25, -0.2) is 0 Å². The van der Waals surface area contributed by atoms with E-state index in [4.69, 9.17) is 0 Å². The van der Waals surface area contributed by atoms with Crippen molar-refractivity contribution in [2.24, 2.45) is 0 Å². The predicted molar refractivity (Wildman–Crippen MR) is 110 cm³/mol. The molecule has 4 rings (SSSR count). The Balaban J connectivity index is 1.57. The van der Waals surface area contributed by atoms with Crippen molar-refractivity contribution in [2.75, 3.05) is 6.61 Å². The number of benzene rings is 4. The quantitative estimate of drug-likeness (QED) is 0.524. The van der Waals surface area contributed by atoms with Crippen molar-refractivity contribution in [1.29, 1.82) is 0 Å². The van der Waals surface area contributed by atoms with Crippen molar-refractivity contribution in [1.82, 2.24) is 5.32 Å². The number of fused-ring (bicyclic) bond motifs is 2. The molecule has 1 amide bonds. The standard InChI is InChI=1S/C24H21NO2/c26-16-23(12-17-6-2-1-3-7-17)25-24(27)21-11-10-20-13-18-8-4-5-9-19(18)14-22(20)15-21/h1-11,13-15,23,26H,12,16H2,(H,25,27)/t23-/m0/s1. The largest absolute Gasteiger partial charge is 0.394 e. The minimum absolute atomic E-state index is 0.0984. The van der Waals surface area contributed by atoms with E-state index in [2.05, 4.69) is 29.6 Å². The van der Waals surface area contributed by atoms with Crippen LogP contribution in [0.15, 0.2) is 84.9 Å². The zero-order valence-corrected chi connectivity index (χ0v) is 14.9. The molecule has 0 aliphatic heterocycles. The van der Waals surface area contributed by atoms with Crippen molar-refractivity contribution >= 4 is 27.5 Å². The van der Waals surface area contributed by atoms with E-state index in [1.165, 1.54) is 5.39 Å². The van der Waals surface area contributed by atoms with Crippen LogP contribution in [0, 0.1) is 0 Å². The third kappa shape index (κ3) is 3.83. The molecule has 1 atom stereocenters. The number of hydrogen-bond acceptors (Lipinski definition) is 2. The van der Waals surface area contributed by atoms with E-state index >= 15 is 0 Å². The summed E-state index contributed by atoms with van der Waals surface area (Å²) in [6.07, 6.45) is 0.599. The zero-order chi connectivity index (χ0) is 18.6. The van der Waals surface area contributed by atoms with Gasteiger partial charge in [0.25, 0.3) is 5.91 Å². The number of carbonyl (C=O) groups excluding carboxylic acids is 1. The average molecular weight is 355 g/mol. The second-order valence-corrected chi connectivity index (χ2v) is 6.80. The molecule has 0 heterocycles.